The number of aromatic amines is 1. The molecule has 0 bridgehead atoms. The van der Waals surface area contributed by atoms with Gasteiger partial charge in [0.1, 0.15) is 0 Å². The predicted octanol–water partition coefficient (Wildman–Crippen LogP) is 3.42. The van der Waals surface area contributed by atoms with Crippen molar-refractivity contribution in [2.75, 3.05) is 20.1 Å². The van der Waals surface area contributed by atoms with E-state index in [0.717, 1.165) is 19.5 Å². The van der Waals surface area contributed by atoms with Crippen LogP contribution in [0.1, 0.15) is 12.5 Å². The first-order valence-corrected chi connectivity index (χ1v) is 6.44. The molecule has 1 aromatic carbocycles. The zero-order valence-electron chi connectivity index (χ0n) is 9.76. The van der Waals surface area contributed by atoms with Gasteiger partial charge in [0.25, 0.3) is 0 Å². The Balaban J connectivity index is 2.24. The summed E-state index contributed by atoms with van der Waals surface area (Å²) in [4.78, 5) is 5.65. The average Bonchev–Trinajstić information content (AvgIpc) is 2.70. The van der Waals surface area contributed by atoms with Crippen molar-refractivity contribution >= 4 is 26.8 Å². The second-order valence-corrected chi connectivity index (χ2v) is 4.98. The maximum atomic E-state index is 3.62. The van der Waals surface area contributed by atoms with Gasteiger partial charge in [0.2, 0.25) is 0 Å². The van der Waals surface area contributed by atoms with Crippen LogP contribution in [0.25, 0.3) is 10.9 Å². The van der Waals surface area contributed by atoms with E-state index in [4.69, 9.17) is 0 Å². The molecule has 2 rings (SSSR count). The first-order valence-electron chi connectivity index (χ1n) is 5.65. The van der Waals surface area contributed by atoms with Gasteiger partial charge in [-0.1, -0.05) is 28.9 Å². The summed E-state index contributed by atoms with van der Waals surface area (Å²) < 4.78 is 1.18. The second kappa shape index (κ2) is 5.02. The molecule has 0 unspecified atom stereocenters. The van der Waals surface area contributed by atoms with Gasteiger partial charge >= 0.3 is 0 Å². The van der Waals surface area contributed by atoms with E-state index in [1.54, 1.807) is 0 Å². The number of aromatic nitrogens is 1. The fraction of sp³-hybridized carbons (Fsp3) is 0.385. The Hall–Kier alpha value is -0.800. The van der Waals surface area contributed by atoms with E-state index >= 15 is 0 Å². The number of nitrogens with zero attached hydrogens (tertiary/aromatic N) is 1. The van der Waals surface area contributed by atoms with Gasteiger partial charge < -0.3 is 9.88 Å². The molecule has 0 aliphatic heterocycles. The summed E-state index contributed by atoms with van der Waals surface area (Å²) in [6.07, 6.45) is 3.21. The van der Waals surface area contributed by atoms with Crippen molar-refractivity contribution in [2.45, 2.75) is 13.3 Å². The molecule has 0 saturated carbocycles. The summed E-state index contributed by atoms with van der Waals surface area (Å²) in [5.74, 6) is 0. The van der Waals surface area contributed by atoms with E-state index in [1.807, 2.05) is 0 Å². The smallest absolute Gasteiger partial charge is 0.0468 e. The van der Waals surface area contributed by atoms with Gasteiger partial charge in [0.15, 0.2) is 0 Å². The number of nitrogens with one attached hydrogen (secondary N) is 1. The molecular formula is C13H17BrN2. The lowest BCUT2D eigenvalue weighted by atomic mass is 10.1. The number of H-pyrrole nitrogens is 1. The Bertz CT molecular complexity index is 476. The second-order valence-electron chi connectivity index (χ2n) is 4.12. The van der Waals surface area contributed by atoms with Crippen LogP contribution < -0.4 is 0 Å². The largest absolute Gasteiger partial charge is 0.361 e. The van der Waals surface area contributed by atoms with Gasteiger partial charge in [-0.15, -0.1) is 0 Å². The van der Waals surface area contributed by atoms with Gasteiger partial charge in [-0.2, -0.15) is 0 Å². The van der Waals surface area contributed by atoms with E-state index in [0.29, 0.717) is 0 Å². The Labute approximate surface area is 105 Å². The van der Waals surface area contributed by atoms with Crippen LogP contribution in [0.3, 0.4) is 0 Å². The summed E-state index contributed by atoms with van der Waals surface area (Å²) in [6.45, 7) is 4.39. The molecule has 0 amide bonds. The van der Waals surface area contributed by atoms with Crippen LogP contribution in [0.2, 0.25) is 0 Å². The normalized spacial score (nSPS) is 11.5. The number of fused-ring (bicyclic) bond motifs is 1. The Kier molecular flexibility index (Phi) is 3.66. The fourth-order valence-corrected chi connectivity index (χ4v) is 2.50. The first kappa shape index (κ1) is 11.7. The Morgan fingerprint density at radius 2 is 2.19 bits per heavy atom. The van der Waals surface area contributed by atoms with Crippen LogP contribution in [0.5, 0.6) is 0 Å². The molecular weight excluding hydrogens is 264 g/mol. The van der Waals surface area contributed by atoms with Crippen molar-refractivity contribution < 1.29 is 0 Å². The van der Waals surface area contributed by atoms with Crippen LogP contribution in [0, 0.1) is 0 Å². The molecule has 1 heterocycles. The molecule has 1 N–H and O–H groups in total. The lowest BCUT2D eigenvalue weighted by molar-refractivity contribution is 0.358. The van der Waals surface area contributed by atoms with Gasteiger partial charge in [-0.05, 0) is 37.7 Å². The van der Waals surface area contributed by atoms with E-state index in [-0.39, 0.29) is 0 Å². The first-order chi connectivity index (χ1) is 7.72. The number of likely N-dealkylation sites (N-methyl/N-ethyl adjacent to an activating group) is 1. The Morgan fingerprint density at radius 3 is 2.94 bits per heavy atom. The predicted molar refractivity (Wildman–Crippen MR) is 72.9 cm³/mol. The van der Waals surface area contributed by atoms with Crippen LogP contribution in [0.4, 0.5) is 0 Å². The van der Waals surface area contributed by atoms with E-state index < -0.39 is 0 Å². The molecule has 0 fully saturated rings. The zero-order valence-corrected chi connectivity index (χ0v) is 11.3. The summed E-state index contributed by atoms with van der Waals surface area (Å²) >= 11 is 3.62. The fourth-order valence-electron chi connectivity index (χ4n) is 1.87. The van der Waals surface area contributed by atoms with Crippen molar-refractivity contribution in [2.24, 2.45) is 0 Å². The van der Waals surface area contributed by atoms with Crippen molar-refractivity contribution in [1.29, 1.82) is 0 Å². The van der Waals surface area contributed by atoms with Crippen LogP contribution in [-0.4, -0.2) is 30.0 Å². The molecule has 0 aliphatic rings. The average molecular weight is 281 g/mol. The highest BCUT2D eigenvalue weighted by molar-refractivity contribution is 9.10. The third kappa shape index (κ3) is 2.30. The van der Waals surface area contributed by atoms with Crippen LogP contribution in [0.15, 0.2) is 28.9 Å². The summed E-state index contributed by atoms with van der Waals surface area (Å²) in [7, 11) is 2.16. The Morgan fingerprint density at radius 1 is 1.38 bits per heavy atom. The molecule has 0 spiro atoms. The lowest BCUT2D eigenvalue weighted by Gasteiger charge is -2.12. The maximum Gasteiger partial charge on any atom is 0.0468 e. The molecule has 0 atom stereocenters. The monoisotopic (exact) mass is 280 g/mol. The van der Waals surface area contributed by atoms with Gasteiger partial charge in [-0.25, -0.2) is 0 Å². The molecule has 3 heteroatoms. The minimum atomic E-state index is 1.09. The highest BCUT2D eigenvalue weighted by atomic mass is 79.9. The minimum Gasteiger partial charge on any atom is -0.361 e. The van der Waals surface area contributed by atoms with E-state index in [9.17, 15) is 0 Å². The van der Waals surface area contributed by atoms with Crippen LogP contribution >= 0.6 is 15.9 Å². The molecule has 0 aliphatic carbocycles. The van der Waals surface area contributed by atoms with Crippen molar-refractivity contribution in [1.82, 2.24) is 9.88 Å². The third-order valence-corrected chi connectivity index (χ3v) is 3.70. The topological polar surface area (TPSA) is 19.0 Å². The molecule has 2 aromatic rings. The highest BCUT2D eigenvalue weighted by Crippen LogP contribution is 2.27. The van der Waals surface area contributed by atoms with Gasteiger partial charge in [-0.3, -0.25) is 0 Å². The number of benzene rings is 1. The van der Waals surface area contributed by atoms with Crippen molar-refractivity contribution in [3.8, 4) is 0 Å². The zero-order chi connectivity index (χ0) is 11.5. The molecule has 0 saturated heterocycles. The number of rotatable bonds is 4. The summed E-state index contributed by atoms with van der Waals surface area (Å²) in [6, 6.07) is 6.28. The van der Waals surface area contributed by atoms with Gasteiger partial charge in [0, 0.05) is 28.1 Å². The minimum absolute atomic E-state index is 1.09. The molecule has 16 heavy (non-hydrogen) atoms. The SMILES string of the molecule is CCN(C)CCc1c[nH]c2cccc(Br)c12. The van der Waals surface area contributed by atoms with Crippen LogP contribution in [-0.2, 0) is 6.42 Å². The standard InChI is InChI=1S/C13H17BrN2/c1-3-16(2)8-7-10-9-15-12-6-4-5-11(14)13(10)12/h4-6,9,15H,3,7-8H2,1-2H3. The molecule has 2 nitrogen and oxygen atoms in total. The van der Waals surface area contributed by atoms with Gasteiger partial charge in [0.05, 0.1) is 0 Å². The number of hydrogen-bond acceptors (Lipinski definition) is 1. The molecule has 1 aromatic heterocycles. The summed E-state index contributed by atoms with van der Waals surface area (Å²) in [5.41, 5.74) is 2.60. The quantitative estimate of drug-likeness (QED) is 0.909. The highest BCUT2D eigenvalue weighted by Gasteiger charge is 2.07. The number of halogens is 1. The molecule has 86 valence electrons. The maximum absolute atomic E-state index is 3.62. The summed E-state index contributed by atoms with van der Waals surface area (Å²) in [5, 5.41) is 1.33. The van der Waals surface area contributed by atoms with E-state index in [2.05, 4.69) is 64.2 Å². The molecule has 0 radical (unpaired) electrons. The van der Waals surface area contributed by atoms with Crippen molar-refractivity contribution in [3.05, 3.63) is 34.4 Å². The third-order valence-electron chi connectivity index (χ3n) is 3.04. The number of hydrogen-bond donors (Lipinski definition) is 1. The lowest BCUT2D eigenvalue weighted by Crippen LogP contribution is -2.20. The van der Waals surface area contributed by atoms with E-state index in [1.165, 1.54) is 20.9 Å². The van der Waals surface area contributed by atoms with Crippen molar-refractivity contribution in [3.63, 3.8) is 0 Å².